The fourth-order valence-electron chi connectivity index (χ4n) is 5.29. The predicted octanol–water partition coefficient (Wildman–Crippen LogP) is 3.18. The zero-order chi connectivity index (χ0) is 25.1. The number of rotatable bonds is 5. The largest absolute Gasteiger partial charge is 0.383 e. The Kier molecular flexibility index (Phi) is 6.84. The molecule has 0 radical (unpaired) electrons. The van der Waals surface area contributed by atoms with Crippen LogP contribution in [0.4, 0.5) is 0 Å². The zero-order valence-electron chi connectivity index (χ0n) is 20.6. The Bertz CT molecular complexity index is 1310. The van der Waals surface area contributed by atoms with Crippen molar-refractivity contribution in [2.45, 2.75) is 31.3 Å². The first kappa shape index (κ1) is 23.8. The number of nitrogens with zero attached hydrogens (tertiary/aromatic N) is 3. The second-order valence-corrected chi connectivity index (χ2v) is 9.47. The highest BCUT2D eigenvalue weighted by atomic mass is 16.5. The van der Waals surface area contributed by atoms with Gasteiger partial charge >= 0.3 is 0 Å². The van der Waals surface area contributed by atoms with Crippen molar-refractivity contribution in [1.29, 1.82) is 0 Å². The molecule has 0 N–H and O–H groups in total. The molecule has 1 aromatic heterocycles. The van der Waals surface area contributed by atoms with Crippen LogP contribution in [0.1, 0.15) is 33.7 Å². The van der Waals surface area contributed by atoms with Crippen LogP contribution in [0.2, 0.25) is 0 Å². The van der Waals surface area contributed by atoms with Gasteiger partial charge in [-0.2, -0.15) is 0 Å². The fourth-order valence-corrected chi connectivity index (χ4v) is 5.29. The average Bonchev–Trinajstić information content (AvgIpc) is 2.87. The third-order valence-corrected chi connectivity index (χ3v) is 7.00. The number of pyridine rings is 1. The van der Waals surface area contributed by atoms with Crippen LogP contribution in [0, 0.1) is 18.8 Å². The summed E-state index contributed by atoms with van der Waals surface area (Å²) >= 11 is 0. The minimum Gasteiger partial charge on any atom is -0.383 e. The SMILES string of the molecule is COC[C@H]1[C@@H](c2ccc(C#Cc3cccc(C)c3)cc2)[C@@H]2CN(C(=O)Cc3cccnc3)CC(=O)N12. The number of carbonyl (C=O) groups is 2. The topological polar surface area (TPSA) is 62.7 Å². The van der Waals surface area contributed by atoms with Gasteiger partial charge in [0.15, 0.2) is 0 Å². The van der Waals surface area contributed by atoms with E-state index in [-0.39, 0.29) is 42.8 Å². The molecule has 2 saturated heterocycles. The number of hydrogen-bond acceptors (Lipinski definition) is 4. The minimum absolute atomic E-state index is 0.0234. The standard InChI is InChI=1S/C30H29N3O3/c1-21-5-3-6-23(15-21)9-8-22-10-12-25(13-11-22)30-26-18-32(19-29(35)33(26)27(30)20-36-2)28(34)16-24-7-4-14-31-17-24/h3-7,10-15,17,26-27,30H,16,18-20H2,1-2H3/t26-,27-,30-/m0/s1. The Morgan fingerprint density at radius 3 is 2.61 bits per heavy atom. The van der Waals surface area contributed by atoms with Gasteiger partial charge in [0.2, 0.25) is 11.8 Å². The molecule has 2 aliphatic rings. The number of aromatic nitrogens is 1. The molecule has 0 aliphatic carbocycles. The van der Waals surface area contributed by atoms with E-state index in [9.17, 15) is 9.59 Å². The first-order valence-corrected chi connectivity index (χ1v) is 12.2. The first-order valence-electron chi connectivity index (χ1n) is 12.2. The normalized spacial score (nSPS) is 20.7. The lowest BCUT2D eigenvalue weighted by Crippen LogP contribution is -2.73. The Balaban J connectivity index is 1.32. The summed E-state index contributed by atoms with van der Waals surface area (Å²) in [6, 6.07) is 20.0. The Hall–Kier alpha value is -3.95. The predicted molar refractivity (Wildman–Crippen MR) is 137 cm³/mol. The summed E-state index contributed by atoms with van der Waals surface area (Å²) < 4.78 is 5.47. The van der Waals surface area contributed by atoms with E-state index in [1.54, 1.807) is 24.4 Å². The molecule has 2 aromatic carbocycles. The first-order chi connectivity index (χ1) is 17.5. The summed E-state index contributed by atoms with van der Waals surface area (Å²) in [5.74, 6) is 6.49. The van der Waals surface area contributed by atoms with E-state index in [1.165, 1.54) is 5.56 Å². The molecule has 0 spiro atoms. The van der Waals surface area contributed by atoms with Gasteiger partial charge in [-0.25, -0.2) is 0 Å². The van der Waals surface area contributed by atoms with Gasteiger partial charge in [0.05, 0.1) is 31.7 Å². The van der Waals surface area contributed by atoms with Gasteiger partial charge in [0.1, 0.15) is 0 Å². The quantitative estimate of drug-likeness (QED) is 0.528. The van der Waals surface area contributed by atoms with Crippen LogP contribution in [0.3, 0.4) is 0 Å². The van der Waals surface area contributed by atoms with E-state index in [4.69, 9.17) is 4.74 Å². The van der Waals surface area contributed by atoms with Crippen molar-refractivity contribution in [2.75, 3.05) is 26.8 Å². The van der Waals surface area contributed by atoms with E-state index >= 15 is 0 Å². The highest BCUT2D eigenvalue weighted by Crippen LogP contribution is 2.43. The molecule has 0 saturated carbocycles. The Morgan fingerprint density at radius 2 is 1.89 bits per heavy atom. The van der Waals surface area contributed by atoms with E-state index in [2.05, 4.69) is 48.0 Å². The maximum absolute atomic E-state index is 13.0. The Morgan fingerprint density at radius 1 is 1.08 bits per heavy atom. The summed E-state index contributed by atoms with van der Waals surface area (Å²) in [4.78, 5) is 33.7. The molecule has 5 rings (SSSR count). The molecule has 2 fully saturated rings. The van der Waals surface area contributed by atoms with Crippen LogP contribution in [0.15, 0.2) is 73.1 Å². The van der Waals surface area contributed by atoms with E-state index in [0.717, 1.165) is 22.3 Å². The molecule has 36 heavy (non-hydrogen) atoms. The van der Waals surface area contributed by atoms with Gasteiger partial charge in [-0.1, -0.05) is 42.2 Å². The highest BCUT2D eigenvalue weighted by molar-refractivity contribution is 5.88. The van der Waals surface area contributed by atoms with E-state index in [0.29, 0.717) is 13.2 Å². The lowest BCUT2D eigenvalue weighted by molar-refractivity contribution is -0.167. The summed E-state index contributed by atoms with van der Waals surface area (Å²) in [6.07, 6.45) is 3.62. The van der Waals surface area contributed by atoms with Gasteiger partial charge in [0.25, 0.3) is 0 Å². The van der Waals surface area contributed by atoms with Gasteiger partial charge < -0.3 is 14.5 Å². The molecule has 182 valence electrons. The monoisotopic (exact) mass is 479 g/mol. The zero-order valence-corrected chi connectivity index (χ0v) is 20.6. The number of carbonyl (C=O) groups excluding carboxylic acids is 2. The number of hydrogen-bond donors (Lipinski definition) is 0. The number of benzene rings is 2. The summed E-state index contributed by atoms with van der Waals surface area (Å²) in [5, 5.41) is 0. The van der Waals surface area contributed by atoms with Gasteiger partial charge in [-0.15, -0.1) is 0 Å². The van der Waals surface area contributed by atoms with Crippen molar-refractivity contribution in [2.24, 2.45) is 0 Å². The van der Waals surface area contributed by atoms with Crippen molar-refractivity contribution in [3.63, 3.8) is 0 Å². The van der Waals surface area contributed by atoms with E-state index in [1.807, 2.05) is 41.3 Å². The number of piperazine rings is 1. The van der Waals surface area contributed by atoms with E-state index < -0.39 is 0 Å². The van der Waals surface area contributed by atoms with Crippen LogP contribution >= 0.6 is 0 Å². The smallest absolute Gasteiger partial charge is 0.242 e. The van der Waals surface area contributed by atoms with Crippen molar-refractivity contribution in [1.82, 2.24) is 14.8 Å². The van der Waals surface area contributed by atoms with Crippen molar-refractivity contribution >= 4 is 11.8 Å². The van der Waals surface area contributed by atoms with Gasteiger partial charge in [-0.05, 0) is 53.9 Å². The number of fused-ring (bicyclic) bond motifs is 1. The maximum atomic E-state index is 13.0. The second-order valence-electron chi connectivity index (χ2n) is 9.47. The second kappa shape index (κ2) is 10.3. The lowest BCUT2D eigenvalue weighted by Gasteiger charge is -2.59. The molecule has 0 unspecified atom stereocenters. The third-order valence-electron chi connectivity index (χ3n) is 7.00. The molecular weight excluding hydrogens is 450 g/mol. The fraction of sp³-hybridized carbons (Fsp3) is 0.300. The number of amides is 2. The lowest BCUT2D eigenvalue weighted by atomic mass is 9.73. The van der Waals surface area contributed by atoms with Crippen LogP contribution in [-0.4, -0.2) is 65.5 Å². The molecular formula is C30H29N3O3. The molecule has 3 aromatic rings. The van der Waals surface area contributed by atoms with Crippen LogP contribution in [0.5, 0.6) is 0 Å². The summed E-state index contributed by atoms with van der Waals surface area (Å²) in [6.45, 7) is 3.15. The molecule has 0 bridgehead atoms. The maximum Gasteiger partial charge on any atom is 0.242 e. The third kappa shape index (κ3) is 4.89. The molecule has 3 atom stereocenters. The molecule has 2 aliphatic heterocycles. The number of aryl methyl sites for hydroxylation is 1. The van der Waals surface area contributed by atoms with Crippen molar-refractivity contribution < 1.29 is 14.3 Å². The highest BCUT2D eigenvalue weighted by Gasteiger charge is 2.54. The summed E-state index contributed by atoms with van der Waals surface area (Å²) in [7, 11) is 1.66. The van der Waals surface area contributed by atoms with Gasteiger partial charge in [-0.3, -0.25) is 14.6 Å². The number of methoxy groups -OCH3 is 1. The Labute approximate surface area is 211 Å². The van der Waals surface area contributed by atoms with Crippen molar-refractivity contribution in [3.8, 4) is 11.8 Å². The average molecular weight is 480 g/mol. The van der Waals surface area contributed by atoms with Crippen LogP contribution < -0.4 is 0 Å². The summed E-state index contributed by atoms with van der Waals surface area (Å²) in [5.41, 5.74) is 5.10. The molecule has 2 amide bonds. The number of ether oxygens (including phenoxy) is 1. The molecule has 6 heteroatoms. The molecule has 6 nitrogen and oxygen atoms in total. The molecule has 3 heterocycles. The van der Waals surface area contributed by atoms with Gasteiger partial charge in [0, 0.05) is 43.1 Å². The van der Waals surface area contributed by atoms with Crippen molar-refractivity contribution in [3.05, 3.63) is 101 Å². The van der Waals surface area contributed by atoms with Crippen LogP contribution in [-0.2, 0) is 20.7 Å². The van der Waals surface area contributed by atoms with Crippen LogP contribution in [0.25, 0.3) is 0 Å². The minimum atomic E-state index is -0.0616.